The molecule has 0 spiro atoms. The van der Waals surface area contributed by atoms with Gasteiger partial charge < -0.3 is 4.90 Å². The maximum atomic E-state index is 2.71. The maximum absolute atomic E-state index is 2.71. The smallest absolute Gasteiger partial charge is 0.0517 e. The first kappa shape index (κ1) is 30.7. The van der Waals surface area contributed by atoms with E-state index in [0.717, 1.165) is 0 Å². The molecule has 2 aliphatic rings. The minimum Gasteiger partial charge on any atom is -0.334 e. The van der Waals surface area contributed by atoms with Crippen molar-refractivity contribution >= 4 is 54.5 Å². The first-order valence-electron chi connectivity index (χ1n) is 18.9. The molecule has 1 saturated carbocycles. The van der Waals surface area contributed by atoms with Gasteiger partial charge >= 0.3 is 0 Å². The summed E-state index contributed by atoms with van der Waals surface area (Å²) in [6.45, 7) is 12.0. The van der Waals surface area contributed by atoms with E-state index in [2.05, 4.69) is 173 Å². The quantitative estimate of drug-likeness (QED) is 0.171. The molecule has 1 heteroatoms. The van der Waals surface area contributed by atoms with Gasteiger partial charge in [0.25, 0.3) is 0 Å². The lowest BCUT2D eigenvalue weighted by molar-refractivity contribution is 0.195. The Labute approximate surface area is 301 Å². The molecule has 0 radical (unpaired) electrons. The molecule has 10 rings (SSSR count). The highest BCUT2D eigenvalue weighted by Crippen LogP contribution is 2.61. The van der Waals surface area contributed by atoms with E-state index in [9.17, 15) is 0 Å². The number of anilines is 2. The number of hydrogen-bond donors (Lipinski definition) is 0. The molecule has 2 atom stereocenters. The molecular formula is C50H45N. The Morgan fingerprint density at radius 1 is 0.529 bits per heavy atom. The molecule has 51 heavy (non-hydrogen) atoms. The lowest BCUT2D eigenvalue weighted by Gasteiger charge is -2.50. The highest BCUT2D eigenvalue weighted by atomic mass is 15.3. The van der Waals surface area contributed by atoms with Gasteiger partial charge in [-0.15, -0.1) is 0 Å². The third kappa shape index (κ3) is 4.27. The summed E-state index contributed by atoms with van der Waals surface area (Å²) in [4.78, 5) is 2.71. The van der Waals surface area contributed by atoms with Gasteiger partial charge in [-0.2, -0.15) is 0 Å². The van der Waals surface area contributed by atoms with Crippen molar-refractivity contribution in [1.29, 1.82) is 0 Å². The average molecular weight is 660 g/mol. The summed E-state index contributed by atoms with van der Waals surface area (Å²) in [5, 5.41) is 10.6. The van der Waals surface area contributed by atoms with Gasteiger partial charge in [0.1, 0.15) is 0 Å². The standard InChI is InChI=1S/C50H45N/c1-48(2,3)36-20-22-37(23-21-36)51-45-28-19-35(31-44(45)49(4)29-8-9-30-50(49,51)5)39-24-15-33-18-27-43-41(25-16-34-17-26-42(39)46(33)47(34)43)40-14-10-12-32-11-6-7-13-38(32)40/h6-7,10-28,31H,8-9,29-30H2,1-5H3. The fourth-order valence-electron chi connectivity index (χ4n) is 10.2. The largest absolute Gasteiger partial charge is 0.334 e. The molecule has 1 aliphatic heterocycles. The zero-order valence-electron chi connectivity index (χ0n) is 30.5. The SMILES string of the molecule is CC(C)(C)c1ccc(N2c3ccc(-c4ccc5ccc6c(-c7cccc8ccccc78)ccc7ccc4c5c76)cc3C3(C)CCCCC23C)cc1. The Kier molecular flexibility index (Phi) is 6.43. The molecule has 250 valence electrons. The fraction of sp³-hybridized carbons (Fsp3) is 0.240. The van der Waals surface area contributed by atoms with E-state index in [4.69, 9.17) is 0 Å². The summed E-state index contributed by atoms with van der Waals surface area (Å²) in [5.74, 6) is 0. The van der Waals surface area contributed by atoms with E-state index in [1.54, 1.807) is 0 Å². The van der Waals surface area contributed by atoms with Crippen LogP contribution in [0.5, 0.6) is 0 Å². The topological polar surface area (TPSA) is 3.24 Å². The Morgan fingerprint density at radius 2 is 1.16 bits per heavy atom. The third-order valence-electron chi connectivity index (χ3n) is 13.2. The van der Waals surface area contributed by atoms with Gasteiger partial charge in [0.2, 0.25) is 0 Å². The zero-order valence-corrected chi connectivity index (χ0v) is 30.5. The molecule has 0 saturated heterocycles. The highest BCUT2D eigenvalue weighted by molar-refractivity contribution is 6.28. The predicted molar refractivity (Wildman–Crippen MR) is 220 cm³/mol. The predicted octanol–water partition coefficient (Wildman–Crippen LogP) is 14.1. The second kappa shape index (κ2) is 10.7. The maximum Gasteiger partial charge on any atom is 0.0517 e. The Balaban J connectivity index is 1.16. The molecule has 8 aromatic carbocycles. The molecule has 1 aliphatic carbocycles. The van der Waals surface area contributed by atoms with Crippen LogP contribution < -0.4 is 4.90 Å². The first-order chi connectivity index (χ1) is 24.7. The van der Waals surface area contributed by atoms with Crippen molar-refractivity contribution < 1.29 is 0 Å². The van der Waals surface area contributed by atoms with Gasteiger partial charge in [0.05, 0.1) is 5.54 Å². The zero-order chi connectivity index (χ0) is 34.7. The van der Waals surface area contributed by atoms with Gasteiger partial charge in [-0.1, -0.05) is 150 Å². The Hall–Kier alpha value is -5.14. The molecule has 2 unspecified atom stereocenters. The molecule has 0 bridgehead atoms. The van der Waals surface area contributed by atoms with Crippen molar-refractivity contribution in [1.82, 2.24) is 0 Å². The van der Waals surface area contributed by atoms with Crippen molar-refractivity contribution in [3.05, 3.63) is 145 Å². The van der Waals surface area contributed by atoms with E-state index < -0.39 is 0 Å². The molecule has 1 nitrogen and oxygen atoms in total. The van der Waals surface area contributed by atoms with Gasteiger partial charge in [-0.3, -0.25) is 0 Å². The van der Waals surface area contributed by atoms with Gasteiger partial charge in [-0.25, -0.2) is 0 Å². The number of nitrogens with zero attached hydrogens (tertiary/aromatic N) is 1. The van der Waals surface area contributed by atoms with Crippen molar-refractivity contribution in [2.24, 2.45) is 0 Å². The van der Waals surface area contributed by atoms with E-state index in [1.165, 1.54) is 114 Å². The Bertz CT molecular complexity index is 2650. The van der Waals surface area contributed by atoms with Crippen molar-refractivity contribution in [3.63, 3.8) is 0 Å². The van der Waals surface area contributed by atoms with Crippen LogP contribution in [0.4, 0.5) is 11.4 Å². The lowest BCUT2D eigenvalue weighted by atomic mass is 9.61. The number of fused-ring (bicyclic) bond motifs is 4. The average Bonchev–Trinajstić information content (AvgIpc) is 3.35. The van der Waals surface area contributed by atoms with Crippen LogP contribution in [0.3, 0.4) is 0 Å². The van der Waals surface area contributed by atoms with Gasteiger partial charge in [-0.05, 0) is 126 Å². The second-order valence-electron chi connectivity index (χ2n) is 16.9. The molecule has 0 amide bonds. The minimum absolute atomic E-state index is 0.0239. The molecule has 0 N–H and O–H groups in total. The van der Waals surface area contributed by atoms with E-state index in [0.29, 0.717) is 0 Å². The van der Waals surface area contributed by atoms with Crippen LogP contribution in [-0.4, -0.2) is 5.54 Å². The molecule has 0 aromatic heterocycles. The summed E-state index contributed by atoms with van der Waals surface area (Å²) in [6, 6.07) is 51.1. The van der Waals surface area contributed by atoms with Crippen LogP contribution in [0, 0.1) is 0 Å². The molecular weight excluding hydrogens is 615 g/mol. The van der Waals surface area contributed by atoms with Gasteiger partial charge in [0.15, 0.2) is 0 Å². The van der Waals surface area contributed by atoms with Gasteiger partial charge in [0, 0.05) is 16.8 Å². The summed E-state index contributed by atoms with van der Waals surface area (Å²) in [5.41, 5.74) is 11.1. The number of benzene rings is 8. The lowest BCUT2D eigenvalue weighted by Crippen LogP contribution is -2.54. The third-order valence-corrected chi connectivity index (χ3v) is 13.2. The summed E-state index contributed by atoms with van der Waals surface area (Å²) in [6.07, 6.45) is 4.97. The fourth-order valence-corrected chi connectivity index (χ4v) is 10.2. The van der Waals surface area contributed by atoms with Crippen LogP contribution in [-0.2, 0) is 10.8 Å². The summed E-state index contributed by atoms with van der Waals surface area (Å²) < 4.78 is 0. The van der Waals surface area contributed by atoms with E-state index in [1.807, 2.05) is 0 Å². The summed E-state index contributed by atoms with van der Waals surface area (Å²) >= 11 is 0. The number of hydrogen-bond acceptors (Lipinski definition) is 1. The normalized spacial score (nSPS) is 20.5. The van der Waals surface area contributed by atoms with Crippen molar-refractivity contribution in [3.8, 4) is 22.3 Å². The van der Waals surface area contributed by atoms with Crippen LogP contribution in [0.15, 0.2) is 133 Å². The molecule has 1 heterocycles. The minimum atomic E-state index is 0.0239. The first-order valence-corrected chi connectivity index (χ1v) is 18.9. The monoisotopic (exact) mass is 659 g/mol. The van der Waals surface area contributed by atoms with Crippen LogP contribution >= 0.6 is 0 Å². The second-order valence-corrected chi connectivity index (χ2v) is 16.9. The van der Waals surface area contributed by atoms with Crippen LogP contribution in [0.25, 0.3) is 65.3 Å². The number of rotatable bonds is 3. The van der Waals surface area contributed by atoms with Crippen molar-refractivity contribution in [2.45, 2.75) is 76.7 Å². The van der Waals surface area contributed by atoms with Crippen LogP contribution in [0.2, 0.25) is 0 Å². The Morgan fingerprint density at radius 3 is 1.90 bits per heavy atom. The van der Waals surface area contributed by atoms with E-state index in [-0.39, 0.29) is 16.4 Å². The van der Waals surface area contributed by atoms with E-state index >= 15 is 0 Å². The molecule has 8 aromatic rings. The highest BCUT2D eigenvalue weighted by Gasteiger charge is 2.57. The molecule has 1 fully saturated rings. The van der Waals surface area contributed by atoms with Crippen LogP contribution in [0.1, 0.15) is 71.4 Å². The van der Waals surface area contributed by atoms with Crippen molar-refractivity contribution in [2.75, 3.05) is 4.90 Å². The summed E-state index contributed by atoms with van der Waals surface area (Å²) in [7, 11) is 0.